The third-order valence-electron chi connectivity index (χ3n) is 7.30. The molecule has 0 N–H and O–H groups in total. The van der Waals surface area contributed by atoms with E-state index in [2.05, 4.69) is 140 Å². The van der Waals surface area contributed by atoms with Crippen molar-refractivity contribution in [3.05, 3.63) is 158 Å². The second-order valence-corrected chi connectivity index (χ2v) is 9.55. The molecule has 7 aromatic carbocycles. The zero-order valence-corrected chi connectivity index (χ0v) is 24.3. The third kappa shape index (κ3) is 4.76. The molecule has 7 aromatic rings. The molecule has 181 valence electrons. The fourth-order valence-electron chi connectivity index (χ4n) is 5.55. The molecule has 7 rings (SSSR count). The first-order valence-corrected chi connectivity index (χ1v) is 13.0. The summed E-state index contributed by atoms with van der Waals surface area (Å²) in [6.45, 7) is 0. The van der Waals surface area contributed by atoms with Crippen LogP contribution in [0.25, 0.3) is 66.1 Å². The van der Waals surface area contributed by atoms with E-state index in [1.54, 1.807) is 0 Å². The molecule has 1 radical (unpaired) electrons. The molecule has 0 fully saturated rings. The van der Waals surface area contributed by atoms with Gasteiger partial charge in [0.1, 0.15) is 0 Å². The zero-order valence-electron chi connectivity index (χ0n) is 21.4. The van der Waals surface area contributed by atoms with E-state index in [9.17, 15) is 0 Å². The Hall–Kier alpha value is -3.84. The fourth-order valence-corrected chi connectivity index (χ4v) is 5.55. The summed E-state index contributed by atoms with van der Waals surface area (Å²) >= 11 is 0. The van der Waals surface area contributed by atoms with Crippen LogP contribution in [0.5, 0.6) is 0 Å². The summed E-state index contributed by atoms with van der Waals surface area (Å²) in [6, 6.07) is 58.5. The van der Waals surface area contributed by atoms with Crippen molar-refractivity contribution in [2.24, 2.45) is 0 Å². The van der Waals surface area contributed by atoms with Gasteiger partial charge in [-0.1, -0.05) is 103 Å². The predicted molar refractivity (Wildman–Crippen MR) is 161 cm³/mol. The minimum absolute atomic E-state index is 0. The summed E-state index contributed by atoms with van der Waals surface area (Å²) in [4.78, 5) is 0. The van der Waals surface area contributed by atoms with Gasteiger partial charge in [-0.25, -0.2) is 11.1 Å². The molecule has 39 heavy (non-hydrogen) atoms. The van der Waals surface area contributed by atoms with Gasteiger partial charge < -0.3 is 0 Å². The maximum Gasteiger partial charge on any atom is 0 e. The van der Waals surface area contributed by atoms with Gasteiger partial charge in [0.15, 0.2) is 0 Å². The Morgan fingerprint density at radius 2 is 0.821 bits per heavy atom. The Morgan fingerprint density at radius 3 is 1.41 bits per heavy atom. The number of hydrogen-bond acceptors (Lipinski definition) is 0. The molecule has 0 aliphatic heterocycles. The van der Waals surface area contributed by atoms with Gasteiger partial charge >= 0.3 is 0 Å². The molecule has 0 aliphatic rings. The van der Waals surface area contributed by atoms with E-state index in [4.69, 9.17) is 0 Å². The van der Waals surface area contributed by atoms with Crippen LogP contribution in [0.15, 0.2) is 146 Å². The van der Waals surface area contributed by atoms with Crippen LogP contribution in [0, 0.1) is 12.1 Å². The number of fused-ring (bicyclic) bond motifs is 2. The summed E-state index contributed by atoms with van der Waals surface area (Å²) in [7, 11) is 0. The van der Waals surface area contributed by atoms with Crippen LogP contribution < -0.4 is 0 Å². The van der Waals surface area contributed by atoms with E-state index in [1.807, 2.05) is 18.2 Å². The summed E-state index contributed by atoms with van der Waals surface area (Å²) in [6.07, 6.45) is 0. The Morgan fingerprint density at radius 1 is 0.333 bits per heavy atom. The summed E-state index contributed by atoms with van der Waals surface area (Å²) < 4.78 is 0. The van der Waals surface area contributed by atoms with Gasteiger partial charge in [-0.05, 0) is 49.4 Å². The van der Waals surface area contributed by atoms with Crippen molar-refractivity contribution < 1.29 is 32.7 Å². The predicted octanol–water partition coefficient (Wildman–Crippen LogP) is 10.3. The first-order chi connectivity index (χ1) is 18.9. The number of benzene rings is 7. The minimum atomic E-state index is 0. The average Bonchev–Trinajstić information content (AvgIpc) is 3.01. The van der Waals surface area contributed by atoms with Gasteiger partial charge in [-0.2, -0.15) is 42.5 Å². The van der Waals surface area contributed by atoms with Crippen LogP contribution in [0.2, 0.25) is 0 Å². The second kappa shape index (κ2) is 11.1. The zero-order chi connectivity index (χ0) is 25.3. The number of rotatable bonds is 4. The van der Waals surface area contributed by atoms with E-state index in [0.717, 1.165) is 11.1 Å². The maximum absolute atomic E-state index is 3.42. The van der Waals surface area contributed by atoms with Crippen LogP contribution in [0.4, 0.5) is 0 Å². The molecule has 0 bridgehead atoms. The molecule has 0 nitrogen and oxygen atoms in total. The molecular formula is C38H24Y-2. The molecule has 0 spiro atoms. The van der Waals surface area contributed by atoms with Gasteiger partial charge in [0.2, 0.25) is 0 Å². The van der Waals surface area contributed by atoms with Crippen LogP contribution in [0.1, 0.15) is 0 Å². The van der Waals surface area contributed by atoms with E-state index < -0.39 is 0 Å². The molecule has 0 saturated carbocycles. The molecular weight excluding hydrogens is 545 g/mol. The largest absolute Gasteiger partial charge is 0.226 e. The summed E-state index contributed by atoms with van der Waals surface area (Å²) in [5.41, 5.74) is 9.52. The Labute approximate surface area is 254 Å². The van der Waals surface area contributed by atoms with Crippen molar-refractivity contribution in [3.8, 4) is 44.5 Å². The molecule has 0 unspecified atom stereocenters. The molecule has 0 heterocycles. The summed E-state index contributed by atoms with van der Waals surface area (Å²) in [5, 5.41) is 5.02. The van der Waals surface area contributed by atoms with Crippen LogP contribution in [-0.4, -0.2) is 0 Å². The van der Waals surface area contributed by atoms with Gasteiger partial charge in [0, 0.05) is 32.7 Å². The molecule has 0 atom stereocenters. The number of hydrogen-bond donors (Lipinski definition) is 0. The van der Waals surface area contributed by atoms with Crippen molar-refractivity contribution in [1.82, 2.24) is 0 Å². The van der Waals surface area contributed by atoms with Gasteiger partial charge in [-0.3, -0.25) is 0 Å². The standard InChI is InChI=1S/C38H24.Y/c1-3-12-27(13-4-1)29-22-24-30(25-23-29)37-33-18-7-9-20-35(33)38(36-21-10-8-19-34(36)37)32-17-11-16-31(26-32)28-14-5-2-6-15-28;/h1-14,17-26H;/q-2;. The van der Waals surface area contributed by atoms with Gasteiger partial charge in [0.05, 0.1) is 0 Å². The van der Waals surface area contributed by atoms with Gasteiger partial charge in [0.25, 0.3) is 0 Å². The van der Waals surface area contributed by atoms with E-state index in [0.29, 0.717) is 0 Å². The van der Waals surface area contributed by atoms with Crippen LogP contribution in [0.3, 0.4) is 0 Å². The molecule has 1 heteroatoms. The van der Waals surface area contributed by atoms with Crippen molar-refractivity contribution in [2.75, 3.05) is 0 Å². The fraction of sp³-hybridized carbons (Fsp3) is 0. The van der Waals surface area contributed by atoms with Gasteiger partial charge in [-0.15, -0.1) is 17.7 Å². The topological polar surface area (TPSA) is 0 Å². The normalized spacial score (nSPS) is 10.9. The smallest absolute Gasteiger partial charge is 0 e. The minimum Gasteiger partial charge on any atom is -0.226 e. The monoisotopic (exact) mass is 569 g/mol. The van der Waals surface area contributed by atoms with Crippen molar-refractivity contribution in [2.45, 2.75) is 0 Å². The molecule has 0 aromatic heterocycles. The molecule has 0 amide bonds. The molecule has 0 aliphatic carbocycles. The Kier molecular flexibility index (Phi) is 7.25. The van der Waals surface area contributed by atoms with Crippen LogP contribution in [-0.2, 0) is 32.7 Å². The average molecular weight is 570 g/mol. The van der Waals surface area contributed by atoms with Crippen molar-refractivity contribution in [3.63, 3.8) is 0 Å². The van der Waals surface area contributed by atoms with E-state index >= 15 is 0 Å². The first-order valence-electron chi connectivity index (χ1n) is 13.0. The van der Waals surface area contributed by atoms with Crippen LogP contribution >= 0.6 is 0 Å². The quantitative estimate of drug-likeness (QED) is 0.146. The van der Waals surface area contributed by atoms with E-state index in [1.165, 1.54) is 54.9 Å². The Bertz CT molecular complexity index is 1830. The van der Waals surface area contributed by atoms with Crippen molar-refractivity contribution >= 4 is 21.5 Å². The molecule has 0 saturated heterocycles. The third-order valence-corrected chi connectivity index (χ3v) is 7.30. The second-order valence-electron chi connectivity index (χ2n) is 9.55. The summed E-state index contributed by atoms with van der Waals surface area (Å²) in [5.74, 6) is 0. The maximum atomic E-state index is 3.42. The SMILES string of the molecule is [Y].[c-]1ccccc1-c1[c-]ccc(-c2c3ccccc3c(-c3ccc(-c4ccccc4)cc3)c3ccccc23)c1. The van der Waals surface area contributed by atoms with Crippen molar-refractivity contribution in [1.29, 1.82) is 0 Å². The first kappa shape index (κ1) is 25.4. The van der Waals surface area contributed by atoms with E-state index in [-0.39, 0.29) is 32.7 Å². The Balaban J connectivity index is 0.00000277.